The fraction of sp³-hybridized carbons (Fsp3) is 0.368. The van der Waals surface area contributed by atoms with Gasteiger partial charge < -0.3 is 10.1 Å². The van der Waals surface area contributed by atoms with Crippen molar-refractivity contribution in [2.45, 2.75) is 33.2 Å². The molecule has 0 spiro atoms. The quantitative estimate of drug-likeness (QED) is 0.891. The van der Waals surface area contributed by atoms with E-state index in [1.54, 1.807) is 7.11 Å². The predicted molar refractivity (Wildman–Crippen MR) is 89.2 cm³/mol. The molecule has 0 bridgehead atoms. The first-order valence-corrected chi connectivity index (χ1v) is 7.43. The van der Waals surface area contributed by atoms with Crippen molar-refractivity contribution in [1.82, 2.24) is 5.32 Å². The Morgan fingerprint density at radius 3 is 2.43 bits per heavy atom. The van der Waals surface area contributed by atoms with Crippen molar-refractivity contribution in [3.63, 3.8) is 0 Å². The third-order valence-electron chi connectivity index (χ3n) is 4.03. The second-order valence-corrected chi connectivity index (χ2v) is 5.71. The Morgan fingerprint density at radius 2 is 1.81 bits per heavy atom. The monoisotopic (exact) mass is 283 g/mol. The minimum absolute atomic E-state index is 0.316. The Morgan fingerprint density at radius 1 is 1.05 bits per heavy atom. The molecule has 0 aliphatic carbocycles. The van der Waals surface area contributed by atoms with Gasteiger partial charge in [0, 0.05) is 6.04 Å². The lowest BCUT2D eigenvalue weighted by Gasteiger charge is -2.21. The second kappa shape index (κ2) is 6.77. The van der Waals surface area contributed by atoms with E-state index < -0.39 is 0 Å². The van der Waals surface area contributed by atoms with Crippen LogP contribution >= 0.6 is 0 Å². The molecule has 2 nitrogen and oxygen atoms in total. The second-order valence-electron chi connectivity index (χ2n) is 5.71. The minimum Gasteiger partial charge on any atom is -0.496 e. The lowest BCUT2D eigenvalue weighted by molar-refractivity contribution is 0.410. The Kier molecular flexibility index (Phi) is 5.03. The third kappa shape index (κ3) is 3.64. The summed E-state index contributed by atoms with van der Waals surface area (Å²) >= 11 is 0. The molecule has 2 aromatic carbocycles. The summed E-state index contributed by atoms with van der Waals surface area (Å²) < 4.78 is 5.41. The summed E-state index contributed by atoms with van der Waals surface area (Å²) in [6.07, 6.45) is 0.991. The maximum atomic E-state index is 5.41. The van der Waals surface area contributed by atoms with Crippen LogP contribution in [0.25, 0.3) is 0 Å². The SMILES string of the molecule is CNC(Cc1cccc(C)c1)c1cc(C)c(OC)cc1C. The van der Waals surface area contributed by atoms with Crippen LogP contribution in [-0.2, 0) is 6.42 Å². The van der Waals surface area contributed by atoms with Crippen molar-refractivity contribution in [1.29, 1.82) is 0 Å². The Bertz CT molecular complexity index is 619. The van der Waals surface area contributed by atoms with E-state index in [0.29, 0.717) is 6.04 Å². The van der Waals surface area contributed by atoms with Gasteiger partial charge in [-0.1, -0.05) is 35.9 Å². The Balaban J connectivity index is 2.31. The van der Waals surface area contributed by atoms with Crippen LogP contribution in [0.3, 0.4) is 0 Å². The third-order valence-corrected chi connectivity index (χ3v) is 4.03. The topological polar surface area (TPSA) is 21.3 Å². The molecule has 2 heteroatoms. The van der Waals surface area contributed by atoms with Gasteiger partial charge in [0.1, 0.15) is 5.75 Å². The first-order valence-electron chi connectivity index (χ1n) is 7.43. The summed E-state index contributed by atoms with van der Waals surface area (Å²) in [5.74, 6) is 0.960. The van der Waals surface area contributed by atoms with E-state index in [-0.39, 0.29) is 0 Å². The molecule has 0 saturated heterocycles. The van der Waals surface area contributed by atoms with Gasteiger partial charge in [-0.25, -0.2) is 0 Å². The van der Waals surface area contributed by atoms with Crippen molar-refractivity contribution in [2.24, 2.45) is 0 Å². The van der Waals surface area contributed by atoms with Crippen molar-refractivity contribution in [3.05, 3.63) is 64.2 Å². The van der Waals surface area contributed by atoms with Gasteiger partial charge in [-0.05, 0) is 62.6 Å². The molecule has 1 N–H and O–H groups in total. The average Bonchev–Trinajstić information content (AvgIpc) is 2.47. The molecule has 0 radical (unpaired) electrons. The lowest BCUT2D eigenvalue weighted by Crippen LogP contribution is -2.20. The first-order chi connectivity index (χ1) is 10.0. The highest BCUT2D eigenvalue weighted by Gasteiger charge is 2.15. The van der Waals surface area contributed by atoms with Crippen LogP contribution in [-0.4, -0.2) is 14.2 Å². The molecule has 21 heavy (non-hydrogen) atoms. The molecule has 0 saturated carbocycles. The van der Waals surface area contributed by atoms with Crippen LogP contribution in [0.15, 0.2) is 36.4 Å². The predicted octanol–water partition coefficient (Wildman–Crippen LogP) is 4.12. The van der Waals surface area contributed by atoms with Crippen LogP contribution in [0, 0.1) is 20.8 Å². The summed E-state index contributed by atoms with van der Waals surface area (Å²) in [7, 11) is 3.75. The van der Waals surface area contributed by atoms with Crippen LogP contribution in [0.4, 0.5) is 0 Å². The maximum absolute atomic E-state index is 5.41. The summed E-state index contributed by atoms with van der Waals surface area (Å²) in [6, 6.07) is 13.4. The number of benzene rings is 2. The van der Waals surface area contributed by atoms with Crippen LogP contribution in [0.1, 0.15) is 33.9 Å². The molecule has 0 aliphatic heterocycles. The number of hydrogen-bond donors (Lipinski definition) is 1. The minimum atomic E-state index is 0.316. The van der Waals surface area contributed by atoms with Gasteiger partial charge in [-0.15, -0.1) is 0 Å². The standard InChI is InChI=1S/C19H25NO/c1-13-7-6-8-16(9-13)12-18(20-4)17-10-15(3)19(21-5)11-14(17)2/h6-11,18,20H,12H2,1-5H3. The molecule has 2 aromatic rings. The number of nitrogens with one attached hydrogen (secondary N) is 1. The molecule has 0 aromatic heterocycles. The van der Waals surface area contributed by atoms with Gasteiger partial charge in [-0.3, -0.25) is 0 Å². The van der Waals surface area contributed by atoms with Crippen molar-refractivity contribution >= 4 is 0 Å². The summed E-state index contributed by atoms with van der Waals surface area (Å²) in [5, 5.41) is 3.45. The zero-order valence-electron chi connectivity index (χ0n) is 13.7. The average molecular weight is 283 g/mol. The van der Waals surface area contributed by atoms with Gasteiger partial charge >= 0.3 is 0 Å². The smallest absolute Gasteiger partial charge is 0.122 e. The van der Waals surface area contributed by atoms with Gasteiger partial charge in [0.25, 0.3) is 0 Å². The maximum Gasteiger partial charge on any atom is 0.122 e. The highest BCUT2D eigenvalue weighted by atomic mass is 16.5. The van der Waals surface area contributed by atoms with Crippen LogP contribution in [0.2, 0.25) is 0 Å². The molecule has 0 fully saturated rings. The van der Waals surface area contributed by atoms with Gasteiger partial charge in [0.2, 0.25) is 0 Å². The van der Waals surface area contributed by atoms with Crippen molar-refractivity contribution < 1.29 is 4.74 Å². The molecule has 112 valence electrons. The zero-order chi connectivity index (χ0) is 15.4. The first kappa shape index (κ1) is 15.6. The Hall–Kier alpha value is -1.80. The van der Waals surface area contributed by atoms with E-state index in [9.17, 15) is 0 Å². The molecular formula is C19H25NO. The molecule has 1 unspecified atom stereocenters. The molecule has 0 aliphatic rings. The number of aryl methyl sites for hydroxylation is 3. The van der Waals surface area contributed by atoms with E-state index in [4.69, 9.17) is 4.74 Å². The van der Waals surface area contributed by atoms with Crippen LogP contribution < -0.4 is 10.1 Å². The van der Waals surface area contributed by atoms with Crippen LogP contribution in [0.5, 0.6) is 5.75 Å². The van der Waals surface area contributed by atoms with Crippen molar-refractivity contribution in [3.8, 4) is 5.75 Å². The molecule has 1 atom stereocenters. The number of rotatable bonds is 5. The Labute approximate surface area is 128 Å². The zero-order valence-corrected chi connectivity index (χ0v) is 13.7. The summed E-state index contributed by atoms with van der Waals surface area (Å²) in [4.78, 5) is 0. The van der Waals surface area contributed by atoms with Gasteiger partial charge in [0.15, 0.2) is 0 Å². The number of hydrogen-bond acceptors (Lipinski definition) is 2. The van der Waals surface area contributed by atoms with Gasteiger partial charge in [0.05, 0.1) is 7.11 Å². The van der Waals surface area contributed by atoms with Gasteiger partial charge in [-0.2, -0.15) is 0 Å². The highest BCUT2D eigenvalue weighted by Crippen LogP contribution is 2.28. The molecular weight excluding hydrogens is 258 g/mol. The highest BCUT2D eigenvalue weighted by molar-refractivity contribution is 5.43. The van der Waals surface area contributed by atoms with E-state index in [1.807, 2.05) is 7.05 Å². The van der Waals surface area contributed by atoms with E-state index >= 15 is 0 Å². The van der Waals surface area contributed by atoms with Crippen molar-refractivity contribution in [2.75, 3.05) is 14.2 Å². The number of ether oxygens (including phenoxy) is 1. The fourth-order valence-corrected chi connectivity index (χ4v) is 2.85. The van der Waals surface area contributed by atoms with E-state index in [1.165, 1.54) is 27.8 Å². The molecule has 0 amide bonds. The summed E-state index contributed by atoms with van der Waals surface area (Å²) in [5.41, 5.74) is 6.47. The largest absolute Gasteiger partial charge is 0.496 e. The number of likely N-dealkylation sites (N-methyl/N-ethyl adjacent to an activating group) is 1. The lowest BCUT2D eigenvalue weighted by atomic mass is 9.93. The van der Waals surface area contributed by atoms with E-state index in [2.05, 4.69) is 62.5 Å². The fourth-order valence-electron chi connectivity index (χ4n) is 2.85. The molecule has 0 heterocycles. The normalized spacial score (nSPS) is 12.2. The molecule has 2 rings (SSSR count). The van der Waals surface area contributed by atoms with E-state index in [0.717, 1.165) is 12.2 Å². The number of methoxy groups -OCH3 is 1. The summed E-state index contributed by atoms with van der Waals surface area (Å²) in [6.45, 7) is 6.39.